The van der Waals surface area contributed by atoms with E-state index in [-0.39, 0.29) is 0 Å². The van der Waals surface area contributed by atoms with Crippen LogP contribution in [0.3, 0.4) is 0 Å². The van der Waals surface area contributed by atoms with Gasteiger partial charge < -0.3 is 16.2 Å². The minimum Gasteiger partial charge on any atom is -0.397 e. The topological polar surface area (TPSA) is 71.2 Å². The van der Waals surface area contributed by atoms with Gasteiger partial charge in [-0.15, -0.1) is 0 Å². The summed E-state index contributed by atoms with van der Waals surface area (Å²) in [5, 5.41) is 12.1. The number of nitrogens with zero attached hydrogens (tertiary/aromatic N) is 1. The van der Waals surface area contributed by atoms with Crippen LogP contribution in [0, 0.1) is 0 Å². The average molecular weight is 271 g/mol. The molecule has 19 heavy (non-hydrogen) atoms. The Balaban J connectivity index is 2.25. The van der Waals surface area contributed by atoms with Crippen LogP contribution in [0.1, 0.15) is 0 Å². The lowest BCUT2D eigenvalue weighted by molar-refractivity contribution is -0.198. The zero-order chi connectivity index (χ0) is 14.0. The van der Waals surface area contributed by atoms with E-state index in [9.17, 15) is 13.2 Å². The van der Waals surface area contributed by atoms with E-state index in [0.717, 1.165) is 0 Å². The number of nitrogens with two attached hydrogens (primary N) is 1. The fourth-order valence-electron chi connectivity index (χ4n) is 1.68. The number of fused-ring (bicyclic) bond motifs is 1. The van der Waals surface area contributed by atoms with Crippen molar-refractivity contribution in [2.45, 2.75) is 12.3 Å². The normalized spacial score (nSPS) is 13.5. The van der Waals surface area contributed by atoms with Gasteiger partial charge in [0.2, 0.25) is 0 Å². The van der Waals surface area contributed by atoms with E-state index in [0.29, 0.717) is 22.3 Å². The molecule has 0 spiro atoms. The molecule has 0 aliphatic carbocycles. The van der Waals surface area contributed by atoms with E-state index >= 15 is 0 Å². The van der Waals surface area contributed by atoms with Gasteiger partial charge >= 0.3 is 6.18 Å². The first-order chi connectivity index (χ1) is 8.89. The molecule has 102 valence electrons. The minimum absolute atomic E-state index is 0.442. The monoisotopic (exact) mass is 271 g/mol. The number of nitrogens with one attached hydrogen (secondary N) is 1. The fourth-order valence-corrected chi connectivity index (χ4v) is 1.68. The van der Waals surface area contributed by atoms with Gasteiger partial charge in [-0.1, -0.05) is 12.1 Å². The second-order valence-electron chi connectivity index (χ2n) is 4.04. The van der Waals surface area contributed by atoms with Crippen LogP contribution >= 0.6 is 0 Å². The van der Waals surface area contributed by atoms with Crippen molar-refractivity contribution < 1.29 is 18.3 Å². The fraction of sp³-hybridized carbons (Fsp3) is 0.250. The SMILES string of the molecule is Nc1cccc2c(NCC(O)C(F)(F)F)ccnc12. The summed E-state index contributed by atoms with van der Waals surface area (Å²) >= 11 is 0. The number of nitrogen functional groups attached to an aromatic ring is 1. The molecule has 0 amide bonds. The molecular formula is C12H12F3N3O. The van der Waals surface area contributed by atoms with Crippen LogP contribution in [-0.4, -0.2) is 28.9 Å². The molecule has 2 rings (SSSR count). The van der Waals surface area contributed by atoms with Crippen molar-refractivity contribution in [1.29, 1.82) is 0 Å². The van der Waals surface area contributed by atoms with Gasteiger partial charge in [0, 0.05) is 23.8 Å². The highest BCUT2D eigenvalue weighted by atomic mass is 19.4. The summed E-state index contributed by atoms with van der Waals surface area (Å²) in [6, 6.07) is 6.57. The Morgan fingerprint density at radius 2 is 2.05 bits per heavy atom. The summed E-state index contributed by atoms with van der Waals surface area (Å²) in [7, 11) is 0. The van der Waals surface area contributed by atoms with Crippen LogP contribution in [0.4, 0.5) is 24.5 Å². The number of benzene rings is 1. The van der Waals surface area contributed by atoms with Gasteiger partial charge in [0.25, 0.3) is 0 Å². The molecule has 2 aromatic rings. The Bertz CT molecular complexity index is 586. The molecule has 1 aromatic heterocycles. The van der Waals surface area contributed by atoms with Gasteiger partial charge in [-0.25, -0.2) is 0 Å². The van der Waals surface area contributed by atoms with Gasteiger partial charge in [-0.2, -0.15) is 13.2 Å². The van der Waals surface area contributed by atoms with E-state index in [1.54, 1.807) is 18.2 Å². The second-order valence-corrected chi connectivity index (χ2v) is 4.04. The molecule has 1 heterocycles. The lowest BCUT2D eigenvalue weighted by atomic mass is 10.1. The third-order valence-electron chi connectivity index (χ3n) is 2.67. The molecule has 4 nitrogen and oxygen atoms in total. The first kappa shape index (κ1) is 13.4. The number of pyridine rings is 1. The number of alkyl halides is 3. The highest BCUT2D eigenvalue weighted by Gasteiger charge is 2.37. The number of rotatable bonds is 3. The average Bonchev–Trinajstić information content (AvgIpc) is 2.35. The molecule has 0 fully saturated rings. The summed E-state index contributed by atoms with van der Waals surface area (Å²) in [5.41, 5.74) is 7.13. The van der Waals surface area contributed by atoms with Gasteiger partial charge in [-0.3, -0.25) is 4.98 Å². The van der Waals surface area contributed by atoms with Gasteiger partial charge in [0.15, 0.2) is 6.10 Å². The lowest BCUT2D eigenvalue weighted by Gasteiger charge is -2.16. The zero-order valence-electron chi connectivity index (χ0n) is 9.78. The molecule has 0 bridgehead atoms. The van der Waals surface area contributed by atoms with E-state index in [4.69, 9.17) is 10.8 Å². The summed E-state index contributed by atoms with van der Waals surface area (Å²) in [4.78, 5) is 4.07. The molecule has 1 aromatic carbocycles. The van der Waals surface area contributed by atoms with Crippen LogP contribution in [0.15, 0.2) is 30.5 Å². The molecule has 1 atom stereocenters. The van der Waals surface area contributed by atoms with Crippen molar-refractivity contribution >= 4 is 22.3 Å². The molecule has 0 radical (unpaired) electrons. The third kappa shape index (κ3) is 2.87. The largest absolute Gasteiger partial charge is 0.416 e. The smallest absolute Gasteiger partial charge is 0.397 e. The first-order valence-corrected chi connectivity index (χ1v) is 5.51. The van der Waals surface area contributed by atoms with E-state index in [1.165, 1.54) is 12.3 Å². The Morgan fingerprint density at radius 1 is 1.32 bits per heavy atom. The lowest BCUT2D eigenvalue weighted by Crippen LogP contribution is -2.35. The number of anilines is 2. The summed E-state index contributed by atoms with van der Waals surface area (Å²) in [6.07, 6.45) is -5.62. The summed E-state index contributed by atoms with van der Waals surface area (Å²) in [5.74, 6) is 0. The van der Waals surface area contributed by atoms with Crippen molar-refractivity contribution in [2.75, 3.05) is 17.6 Å². The van der Waals surface area contributed by atoms with Crippen LogP contribution in [-0.2, 0) is 0 Å². The van der Waals surface area contributed by atoms with Crippen molar-refractivity contribution in [1.82, 2.24) is 4.98 Å². The Morgan fingerprint density at radius 3 is 2.74 bits per heavy atom. The van der Waals surface area contributed by atoms with Gasteiger partial charge in [0.05, 0.1) is 11.2 Å². The maximum Gasteiger partial charge on any atom is 0.416 e. The summed E-state index contributed by atoms with van der Waals surface area (Å²) < 4.78 is 36.6. The number of halogens is 3. The predicted molar refractivity (Wildman–Crippen MR) is 66.7 cm³/mol. The number of aromatic nitrogens is 1. The third-order valence-corrected chi connectivity index (χ3v) is 2.67. The van der Waals surface area contributed by atoms with Crippen LogP contribution in [0.2, 0.25) is 0 Å². The van der Waals surface area contributed by atoms with Crippen LogP contribution < -0.4 is 11.1 Å². The maximum absolute atomic E-state index is 12.2. The quantitative estimate of drug-likeness (QED) is 0.748. The van der Waals surface area contributed by atoms with E-state index in [1.807, 2.05) is 0 Å². The van der Waals surface area contributed by atoms with Crippen molar-refractivity contribution in [2.24, 2.45) is 0 Å². The molecule has 0 aliphatic rings. The summed E-state index contributed by atoms with van der Waals surface area (Å²) in [6.45, 7) is -0.628. The van der Waals surface area contributed by atoms with Crippen LogP contribution in [0.5, 0.6) is 0 Å². The zero-order valence-corrected chi connectivity index (χ0v) is 9.78. The van der Waals surface area contributed by atoms with Crippen molar-refractivity contribution in [3.63, 3.8) is 0 Å². The Hall–Kier alpha value is -2.02. The number of para-hydroxylation sites is 1. The van der Waals surface area contributed by atoms with Crippen LogP contribution in [0.25, 0.3) is 10.9 Å². The van der Waals surface area contributed by atoms with Crippen molar-refractivity contribution in [3.05, 3.63) is 30.5 Å². The van der Waals surface area contributed by atoms with E-state index in [2.05, 4.69) is 10.3 Å². The molecule has 1 unspecified atom stereocenters. The molecule has 4 N–H and O–H groups in total. The number of aliphatic hydroxyl groups is 1. The predicted octanol–water partition coefficient (Wildman–Crippen LogP) is 2.15. The molecule has 0 saturated carbocycles. The van der Waals surface area contributed by atoms with Crippen molar-refractivity contribution in [3.8, 4) is 0 Å². The molecular weight excluding hydrogens is 259 g/mol. The molecule has 0 saturated heterocycles. The Labute approximate surface area is 107 Å². The highest BCUT2D eigenvalue weighted by molar-refractivity contribution is 5.97. The second kappa shape index (κ2) is 4.93. The standard InChI is InChI=1S/C12H12F3N3O/c13-12(14,15)10(19)6-18-9-4-5-17-11-7(9)2-1-3-8(11)16/h1-5,10,19H,6,16H2,(H,17,18). The number of hydrogen-bond acceptors (Lipinski definition) is 4. The highest BCUT2D eigenvalue weighted by Crippen LogP contribution is 2.26. The van der Waals surface area contributed by atoms with Gasteiger partial charge in [0.1, 0.15) is 0 Å². The number of aliphatic hydroxyl groups excluding tert-OH is 1. The Kier molecular flexibility index (Phi) is 3.48. The molecule has 7 heteroatoms. The first-order valence-electron chi connectivity index (χ1n) is 5.51. The number of hydrogen-bond donors (Lipinski definition) is 3. The molecule has 0 aliphatic heterocycles. The van der Waals surface area contributed by atoms with E-state index < -0.39 is 18.8 Å². The maximum atomic E-state index is 12.2. The van der Waals surface area contributed by atoms with Gasteiger partial charge in [-0.05, 0) is 12.1 Å². The minimum atomic E-state index is -4.64.